The maximum Gasteiger partial charge on any atom is 0.337 e. The van der Waals surface area contributed by atoms with E-state index in [1.807, 2.05) is 0 Å². The first-order chi connectivity index (χ1) is 14.8. The third-order valence-electron chi connectivity index (χ3n) is 5.05. The Balaban J connectivity index is 1.71. The van der Waals surface area contributed by atoms with E-state index in [4.69, 9.17) is 9.47 Å². The van der Waals surface area contributed by atoms with Gasteiger partial charge in [0.25, 0.3) is 5.91 Å². The van der Waals surface area contributed by atoms with Crippen molar-refractivity contribution < 1.29 is 32.2 Å². The number of rotatable bonds is 6. The fourth-order valence-electron chi connectivity index (χ4n) is 3.34. The van der Waals surface area contributed by atoms with Crippen LogP contribution in [0, 0.1) is 0 Å². The van der Waals surface area contributed by atoms with E-state index in [-0.39, 0.29) is 42.5 Å². The van der Waals surface area contributed by atoms with E-state index in [0.717, 1.165) is 0 Å². The van der Waals surface area contributed by atoms with Crippen LogP contribution in [0.25, 0.3) is 0 Å². The molecule has 1 aliphatic heterocycles. The lowest BCUT2D eigenvalue weighted by molar-refractivity contribution is 0.0600. The largest absolute Gasteiger partial charge is 0.493 e. The molecule has 0 atom stereocenters. The molecule has 10 heteroatoms. The van der Waals surface area contributed by atoms with Crippen molar-refractivity contribution in [3.63, 3.8) is 0 Å². The first kappa shape index (κ1) is 22.6. The molecule has 0 unspecified atom stereocenters. The predicted molar refractivity (Wildman–Crippen MR) is 112 cm³/mol. The molecule has 0 radical (unpaired) electrons. The zero-order valence-corrected chi connectivity index (χ0v) is 18.3. The molecule has 0 N–H and O–H groups in total. The topological polar surface area (TPSA) is 102 Å². The van der Waals surface area contributed by atoms with Crippen molar-refractivity contribution in [2.75, 3.05) is 47.5 Å². The second-order valence-corrected chi connectivity index (χ2v) is 8.72. The van der Waals surface area contributed by atoms with E-state index < -0.39 is 16.0 Å². The molecule has 3 rings (SSSR count). The van der Waals surface area contributed by atoms with Crippen LogP contribution in [0.1, 0.15) is 20.7 Å². The van der Waals surface area contributed by atoms with Gasteiger partial charge in [-0.1, -0.05) is 6.07 Å². The summed E-state index contributed by atoms with van der Waals surface area (Å²) < 4.78 is 42.4. The number of piperazine rings is 1. The number of carbonyl (C=O) groups excluding carboxylic acids is 2. The highest BCUT2D eigenvalue weighted by Crippen LogP contribution is 2.31. The molecule has 0 aliphatic carbocycles. The second kappa shape index (κ2) is 9.36. The molecule has 1 amide bonds. The van der Waals surface area contributed by atoms with Gasteiger partial charge in [-0.05, 0) is 30.3 Å². The summed E-state index contributed by atoms with van der Waals surface area (Å²) in [5.41, 5.74) is 0.627. The highest BCUT2D eigenvalue weighted by Gasteiger charge is 2.31. The highest BCUT2D eigenvalue weighted by molar-refractivity contribution is 7.89. The van der Waals surface area contributed by atoms with E-state index in [1.54, 1.807) is 29.2 Å². The van der Waals surface area contributed by atoms with Crippen molar-refractivity contribution in [3.05, 3.63) is 53.6 Å². The van der Waals surface area contributed by atoms with Gasteiger partial charge in [0, 0.05) is 37.8 Å². The number of esters is 1. The number of hydrogen-bond donors (Lipinski definition) is 0. The molecule has 1 fully saturated rings. The SMILES string of the molecule is COC(=O)c1cccc(C(=O)N2CCN(S(=O)(=O)c3ccc(OC)c(OC)c3)CC2)c1. The highest BCUT2D eigenvalue weighted by atomic mass is 32.2. The van der Waals surface area contributed by atoms with Gasteiger partial charge >= 0.3 is 5.97 Å². The quantitative estimate of drug-likeness (QED) is 0.619. The molecule has 0 spiro atoms. The van der Waals surface area contributed by atoms with Crippen molar-refractivity contribution in [1.29, 1.82) is 0 Å². The number of nitrogens with zero attached hydrogens (tertiary/aromatic N) is 2. The van der Waals surface area contributed by atoms with Gasteiger partial charge in [0.05, 0.1) is 31.8 Å². The summed E-state index contributed by atoms with van der Waals surface area (Å²) in [6.07, 6.45) is 0. The number of sulfonamides is 1. The molecular formula is C21H24N2O7S. The summed E-state index contributed by atoms with van der Waals surface area (Å²) in [5, 5.41) is 0. The van der Waals surface area contributed by atoms with Crippen molar-refractivity contribution >= 4 is 21.9 Å². The predicted octanol–water partition coefficient (Wildman–Crippen LogP) is 1.64. The van der Waals surface area contributed by atoms with Gasteiger partial charge in [-0.2, -0.15) is 4.31 Å². The lowest BCUT2D eigenvalue weighted by Gasteiger charge is -2.34. The molecular weight excluding hydrogens is 424 g/mol. The van der Waals surface area contributed by atoms with E-state index in [9.17, 15) is 18.0 Å². The normalized spacial score (nSPS) is 14.7. The maximum absolute atomic E-state index is 13.0. The zero-order chi connectivity index (χ0) is 22.6. The van der Waals surface area contributed by atoms with Crippen LogP contribution in [0.5, 0.6) is 11.5 Å². The third-order valence-corrected chi connectivity index (χ3v) is 6.94. The Morgan fingerprint density at radius 3 is 2.10 bits per heavy atom. The lowest BCUT2D eigenvalue weighted by Crippen LogP contribution is -2.50. The van der Waals surface area contributed by atoms with Gasteiger partial charge in [0.1, 0.15) is 0 Å². The zero-order valence-electron chi connectivity index (χ0n) is 17.5. The molecule has 1 aliphatic rings. The Labute approximate surface area is 181 Å². The number of amides is 1. The van der Waals surface area contributed by atoms with E-state index in [0.29, 0.717) is 17.1 Å². The van der Waals surface area contributed by atoms with Crippen molar-refractivity contribution in [1.82, 2.24) is 9.21 Å². The minimum atomic E-state index is -3.76. The van der Waals surface area contributed by atoms with E-state index in [1.165, 1.54) is 43.8 Å². The standard InChI is InChI=1S/C21H24N2O7S/c1-28-18-8-7-17(14-19(18)29-2)31(26,27)23-11-9-22(10-12-23)20(24)15-5-4-6-16(13-15)21(25)30-3/h4-8,13-14H,9-12H2,1-3H3. The molecule has 31 heavy (non-hydrogen) atoms. The van der Waals surface area contributed by atoms with E-state index in [2.05, 4.69) is 4.74 Å². The Kier molecular flexibility index (Phi) is 6.81. The number of carbonyl (C=O) groups is 2. The Morgan fingerprint density at radius 2 is 1.48 bits per heavy atom. The van der Waals surface area contributed by atoms with Crippen LogP contribution in [0.2, 0.25) is 0 Å². The summed E-state index contributed by atoms with van der Waals surface area (Å²) in [4.78, 5) is 26.2. The first-order valence-corrected chi connectivity index (χ1v) is 11.0. The fraction of sp³-hybridized carbons (Fsp3) is 0.333. The molecule has 166 valence electrons. The summed E-state index contributed by atoms with van der Waals surface area (Å²) >= 11 is 0. The Morgan fingerprint density at radius 1 is 0.839 bits per heavy atom. The summed E-state index contributed by atoms with van der Waals surface area (Å²) in [5.74, 6) is -0.0386. The van der Waals surface area contributed by atoms with Gasteiger partial charge in [-0.25, -0.2) is 13.2 Å². The molecule has 9 nitrogen and oxygen atoms in total. The molecule has 2 aromatic carbocycles. The maximum atomic E-state index is 13.0. The van der Waals surface area contributed by atoms with Gasteiger partial charge in [-0.15, -0.1) is 0 Å². The minimum absolute atomic E-state index is 0.0932. The fourth-order valence-corrected chi connectivity index (χ4v) is 4.78. The molecule has 1 saturated heterocycles. The van der Waals surface area contributed by atoms with Crippen LogP contribution in [0.15, 0.2) is 47.4 Å². The molecule has 1 heterocycles. The van der Waals surface area contributed by atoms with Crippen LogP contribution in [0.3, 0.4) is 0 Å². The van der Waals surface area contributed by atoms with E-state index >= 15 is 0 Å². The number of ether oxygens (including phenoxy) is 3. The minimum Gasteiger partial charge on any atom is -0.493 e. The summed E-state index contributed by atoms with van der Waals surface area (Å²) in [7, 11) is 0.430. The number of methoxy groups -OCH3 is 3. The Hall–Kier alpha value is -3.11. The number of hydrogen-bond acceptors (Lipinski definition) is 7. The van der Waals surface area contributed by atoms with Crippen molar-refractivity contribution in [3.8, 4) is 11.5 Å². The average Bonchev–Trinajstić information content (AvgIpc) is 2.82. The van der Waals surface area contributed by atoms with Gasteiger partial charge in [-0.3, -0.25) is 4.79 Å². The van der Waals surface area contributed by atoms with Crippen LogP contribution in [-0.4, -0.2) is 77.0 Å². The van der Waals surface area contributed by atoms with Crippen LogP contribution >= 0.6 is 0 Å². The Bertz CT molecular complexity index is 1080. The third kappa shape index (κ3) is 4.64. The van der Waals surface area contributed by atoms with Crippen LogP contribution in [-0.2, 0) is 14.8 Å². The first-order valence-electron chi connectivity index (χ1n) is 9.51. The van der Waals surface area contributed by atoms with Crippen molar-refractivity contribution in [2.24, 2.45) is 0 Å². The summed E-state index contributed by atoms with van der Waals surface area (Å²) in [6, 6.07) is 10.7. The molecule has 2 aromatic rings. The second-order valence-electron chi connectivity index (χ2n) is 6.79. The number of benzene rings is 2. The molecule has 0 saturated carbocycles. The molecule has 0 bridgehead atoms. The molecule has 0 aromatic heterocycles. The lowest BCUT2D eigenvalue weighted by atomic mass is 10.1. The average molecular weight is 448 g/mol. The van der Waals surface area contributed by atoms with Gasteiger partial charge in [0.15, 0.2) is 11.5 Å². The van der Waals surface area contributed by atoms with Gasteiger partial charge in [0.2, 0.25) is 10.0 Å². The van der Waals surface area contributed by atoms with Crippen molar-refractivity contribution in [2.45, 2.75) is 4.90 Å². The summed E-state index contributed by atoms with van der Waals surface area (Å²) in [6.45, 7) is 0.764. The smallest absolute Gasteiger partial charge is 0.337 e. The van der Waals surface area contributed by atoms with Crippen LogP contribution < -0.4 is 9.47 Å². The van der Waals surface area contributed by atoms with Gasteiger partial charge < -0.3 is 19.1 Å². The monoisotopic (exact) mass is 448 g/mol. The van der Waals surface area contributed by atoms with Crippen LogP contribution in [0.4, 0.5) is 0 Å².